The maximum Gasteiger partial charge on any atom is 1.00 e. The molecule has 0 bridgehead atoms. The van der Waals surface area contributed by atoms with Crippen LogP contribution in [0, 0.1) is 10.7 Å². The molecule has 0 atom stereocenters. The van der Waals surface area contributed by atoms with Crippen molar-refractivity contribution < 1.29 is 18.9 Å². The van der Waals surface area contributed by atoms with Crippen LogP contribution in [0.25, 0.3) is 0 Å². The van der Waals surface area contributed by atoms with E-state index in [1.165, 1.54) is 69.6 Å². The molecule has 2 aliphatic rings. The largest absolute Gasteiger partial charge is 1.00 e. The Morgan fingerprint density at radius 3 is 1.42 bits per heavy atom. The molecule has 0 aromatic rings. The Balaban J connectivity index is 0.000000742. The predicted octanol–water partition coefficient (Wildman–Crippen LogP) is 0.844. The Kier molecular flexibility index (Phi) is 12.5. The zero-order valence-electron chi connectivity index (χ0n) is 12.0. The number of hydrogen-bond donors (Lipinski definition) is 0. The normalized spacial score (nSPS) is 19.7. The van der Waals surface area contributed by atoms with E-state index in [0.717, 1.165) is 0 Å². The van der Waals surface area contributed by atoms with Crippen molar-refractivity contribution in [2.45, 2.75) is 76.3 Å². The zero-order chi connectivity index (χ0) is 13.1. The van der Waals surface area contributed by atoms with Crippen LogP contribution in [-0.2, 0) is 12.6 Å². The summed E-state index contributed by atoms with van der Waals surface area (Å²) < 4.78 is 0. The summed E-state index contributed by atoms with van der Waals surface area (Å²) in [6.45, 7) is 0. The summed E-state index contributed by atoms with van der Waals surface area (Å²) in [5.41, 5.74) is 0. The van der Waals surface area contributed by atoms with Gasteiger partial charge in [-0.15, -0.1) is 0 Å². The molecule has 0 aliphatic heterocycles. The molecule has 0 saturated heterocycles. The third-order valence-corrected chi connectivity index (χ3v) is 3.63. The number of rotatable bonds is 2. The van der Waals surface area contributed by atoms with Gasteiger partial charge in [-0.2, -0.15) is 0 Å². The Bertz CT molecular complexity index is 287. The van der Waals surface area contributed by atoms with Gasteiger partial charge in [0.2, 0.25) is 0 Å². The van der Waals surface area contributed by atoms with Crippen LogP contribution in [-0.4, -0.2) is 18.1 Å². The first-order valence-corrected chi connectivity index (χ1v) is 7.43. The molecule has 0 spiro atoms. The van der Waals surface area contributed by atoms with Gasteiger partial charge in [-0.3, -0.25) is 0 Å². The molecule has 0 heterocycles. The predicted molar refractivity (Wildman–Crippen MR) is 76.6 cm³/mol. The standard InChI is InChI=1S/C13H22N2.CHNS.Li/c1-3-7-12(8-4-1)14-11-15-13-9-5-2-6-10-13;2-1-3;/h12-13H,1-10H2;3H;/q;;+1/p-1. The molecule has 2 rings (SSSR count). The minimum atomic E-state index is 0. The van der Waals surface area contributed by atoms with Crippen LogP contribution in [0.5, 0.6) is 0 Å². The minimum Gasteiger partial charge on any atom is -0.696 e. The van der Waals surface area contributed by atoms with Gasteiger partial charge in [0.15, 0.2) is 0 Å². The first kappa shape index (κ1) is 18.7. The Hall–Kier alpha value is -0.313. The number of nitrogens with zero attached hydrogens (tertiary/aromatic N) is 3. The molecule has 0 radical (unpaired) electrons. The number of nitriles is 1. The average Bonchev–Trinajstić information content (AvgIpc) is 2.42. The molecule has 100 valence electrons. The Labute approximate surface area is 134 Å². The SMILES string of the molecule is C(=NC1CCCCC1)=NC1CCCCC1.N#C[S-].[Li+]. The van der Waals surface area contributed by atoms with Gasteiger partial charge in [0.05, 0.1) is 18.1 Å². The second-order valence-electron chi connectivity index (χ2n) is 5.03. The summed E-state index contributed by atoms with van der Waals surface area (Å²) in [6, 6.07) is 4.04. The third-order valence-electron chi connectivity index (χ3n) is 3.63. The van der Waals surface area contributed by atoms with Gasteiger partial charge in [0.1, 0.15) is 0 Å². The summed E-state index contributed by atoms with van der Waals surface area (Å²) in [6.07, 6.45) is 13.2. The van der Waals surface area contributed by atoms with Crippen LogP contribution in [0.4, 0.5) is 0 Å². The second-order valence-corrected chi connectivity index (χ2v) is 5.22. The number of hydrogen-bond acceptors (Lipinski definition) is 4. The molecule has 5 heteroatoms. The number of thiocyanates is 1. The van der Waals surface area contributed by atoms with Crippen molar-refractivity contribution >= 4 is 18.6 Å². The molecular formula is C14H22LiN3S. The van der Waals surface area contributed by atoms with Gasteiger partial charge in [0, 0.05) is 0 Å². The first-order valence-electron chi connectivity index (χ1n) is 7.02. The fourth-order valence-electron chi connectivity index (χ4n) is 2.62. The van der Waals surface area contributed by atoms with E-state index in [1.54, 1.807) is 0 Å². The molecule has 0 unspecified atom stereocenters. The molecule has 0 N–H and O–H groups in total. The second kappa shape index (κ2) is 12.7. The van der Waals surface area contributed by atoms with E-state index in [0.29, 0.717) is 12.1 Å². The van der Waals surface area contributed by atoms with E-state index in [4.69, 9.17) is 5.26 Å². The molecule has 0 aromatic heterocycles. The Morgan fingerprint density at radius 2 is 1.11 bits per heavy atom. The van der Waals surface area contributed by atoms with Gasteiger partial charge in [-0.05, 0) is 25.7 Å². The van der Waals surface area contributed by atoms with Crippen molar-refractivity contribution in [2.75, 3.05) is 0 Å². The zero-order valence-corrected chi connectivity index (χ0v) is 12.8. The van der Waals surface area contributed by atoms with Crippen molar-refractivity contribution in [2.24, 2.45) is 9.98 Å². The fraction of sp³-hybridized carbons (Fsp3) is 0.857. The van der Waals surface area contributed by atoms with Crippen molar-refractivity contribution in [1.29, 1.82) is 5.26 Å². The van der Waals surface area contributed by atoms with Gasteiger partial charge in [-0.25, -0.2) is 15.2 Å². The van der Waals surface area contributed by atoms with Crippen LogP contribution in [0.1, 0.15) is 64.2 Å². The van der Waals surface area contributed by atoms with Gasteiger partial charge in [-0.1, -0.05) is 43.9 Å². The van der Waals surface area contributed by atoms with Crippen molar-refractivity contribution in [3.8, 4) is 5.40 Å². The summed E-state index contributed by atoms with van der Waals surface area (Å²) >= 11 is 3.70. The maximum atomic E-state index is 7.13. The molecule has 2 fully saturated rings. The molecule has 19 heavy (non-hydrogen) atoms. The third kappa shape index (κ3) is 9.25. The average molecular weight is 271 g/mol. The van der Waals surface area contributed by atoms with Crippen LogP contribution in [0.3, 0.4) is 0 Å². The monoisotopic (exact) mass is 271 g/mol. The van der Waals surface area contributed by atoms with Crippen LogP contribution in [0.15, 0.2) is 9.98 Å². The molecule has 3 nitrogen and oxygen atoms in total. The van der Waals surface area contributed by atoms with Crippen LogP contribution in [0.2, 0.25) is 0 Å². The van der Waals surface area contributed by atoms with E-state index < -0.39 is 0 Å². The van der Waals surface area contributed by atoms with E-state index in [9.17, 15) is 0 Å². The van der Waals surface area contributed by atoms with Crippen LogP contribution < -0.4 is 18.9 Å². The van der Waals surface area contributed by atoms with Gasteiger partial charge in [0.25, 0.3) is 0 Å². The minimum absolute atomic E-state index is 0. The van der Waals surface area contributed by atoms with Crippen molar-refractivity contribution in [3.05, 3.63) is 0 Å². The van der Waals surface area contributed by atoms with Gasteiger partial charge >= 0.3 is 18.9 Å². The van der Waals surface area contributed by atoms with Crippen molar-refractivity contribution in [3.63, 3.8) is 0 Å². The fourth-order valence-corrected chi connectivity index (χ4v) is 2.62. The van der Waals surface area contributed by atoms with E-state index in [2.05, 4.69) is 28.6 Å². The van der Waals surface area contributed by atoms with Gasteiger partial charge < -0.3 is 12.6 Å². The summed E-state index contributed by atoms with van der Waals surface area (Å²) in [7, 11) is 0. The van der Waals surface area contributed by atoms with E-state index in [-0.39, 0.29) is 18.9 Å². The maximum absolute atomic E-state index is 7.13. The topological polar surface area (TPSA) is 48.5 Å². The van der Waals surface area contributed by atoms with E-state index >= 15 is 0 Å². The Morgan fingerprint density at radius 1 is 0.789 bits per heavy atom. The molecular weight excluding hydrogens is 249 g/mol. The molecule has 2 aliphatic carbocycles. The van der Waals surface area contributed by atoms with Crippen LogP contribution >= 0.6 is 0 Å². The quantitative estimate of drug-likeness (QED) is 0.323. The molecule has 0 amide bonds. The van der Waals surface area contributed by atoms with E-state index in [1.807, 2.05) is 0 Å². The summed E-state index contributed by atoms with van der Waals surface area (Å²) in [5, 5.41) is 8.47. The first-order chi connectivity index (χ1) is 8.86. The summed E-state index contributed by atoms with van der Waals surface area (Å²) in [4.78, 5) is 8.92. The van der Waals surface area contributed by atoms with Crippen molar-refractivity contribution in [1.82, 2.24) is 0 Å². The smallest absolute Gasteiger partial charge is 0.696 e. The molecule has 0 aromatic carbocycles. The molecule has 2 saturated carbocycles. The summed E-state index contributed by atoms with van der Waals surface area (Å²) in [5.74, 6) is 0. The number of aliphatic imine (C=N–C) groups is 2.